The van der Waals surface area contributed by atoms with Gasteiger partial charge in [0.25, 0.3) is 5.91 Å². The van der Waals surface area contributed by atoms with Crippen molar-refractivity contribution in [3.63, 3.8) is 0 Å². The lowest BCUT2D eigenvalue weighted by atomic mass is 10.1. The van der Waals surface area contributed by atoms with Gasteiger partial charge < -0.3 is 10.2 Å². The number of nitrogens with one attached hydrogen (secondary N) is 1. The Kier molecular flexibility index (Phi) is 6.01. The van der Waals surface area contributed by atoms with Gasteiger partial charge in [-0.1, -0.05) is 56.3 Å². The Labute approximate surface area is 160 Å². The van der Waals surface area contributed by atoms with E-state index in [1.54, 1.807) is 18.3 Å². The summed E-state index contributed by atoms with van der Waals surface area (Å²) in [6, 6.07) is 13.5. The van der Waals surface area contributed by atoms with Crippen LogP contribution in [0.3, 0.4) is 0 Å². The number of anilines is 1. The highest BCUT2D eigenvalue weighted by atomic mass is 16.2. The van der Waals surface area contributed by atoms with E-state index in [1.165, 1.54) is 0 Å². The first-order chi connectivity index (χ1) is 13.0. The Morgan fingerprint density at radius 3 is 2.74 bits per heavy atom. The van der Waals surface area contributed by atoms with Gasteiger partial charge in [-0.25, -0.2) is 4.98 Å². The molecule has 0 spiro atoms. The van der Waals surface area contributed by atoms with Gasteiger partial charge in [-0.15, -0.1) is 0 Å². The van der Waals surface area contributed by atoms with Crippen LogP contribution in [-0.2, 0) is 4.79 Å². The fraction of sp³-hybridized carbons (Fsp3) is 0.318. The first-order valence-corrected chi connectivity index (χ1v) is 9.36. The second-order valence-electron chi connectivity index (χ2n) is 7.05. The molecule has 2 heterocycles. The molecule has 1 aliphatic rings. The van der Waals surface area contributed by atoms with Crippen molar-refractivity contribution in [1.82, 2.24) is 9.88 Å². The fourth-order valence-corrected chi connectivity index (χ4v) is 3.10. The Balaban J connectivity index is 1.72. The molecule has 140 valence electrons. The lowest BCUT2D eigenvalue weighted by Gasteiger charge is -2.22. The van der Waals surface area contributed by atoms with Crippen molar-refractivity contribution < 1.29 is 9.59 Å². The molecule has 0 bridgehead atoms. The zero-order chi connectivity index (χ0) is 19.2. The van der Waals surface area contributed by atoms with Crippen LogP contribution in [0.2, 0.25) is 0 Å². The third-order valence-electron chi connectivity index (χ3n) is 4.65. The summed E-state index contributed by atoms with van der Waals surface area (Å²) in [4.78, 5) is 30.9. The number of amides is 2. The van der Waals surface area contributed by atoms with Crippen molar-refractivity contribution in [3.8, 4) is 0 Å². The third kappa shape index (κ3) is 4.82. The highest BCUT2D eigenvalue weighted by Crippen LogP contribution is 2.22. The second kappa shape index (κ2) is 8.62. The van der Waals surface area contributed by atoms with Crippen molar-refractivity contribution in [2.24, 2.45) is 5.92 Å². The summed E-state index contributed by atoms with van der Waals surface area (Å²) in [5.74, 6) is 0.127. The number of hydrogen-bond donors (Lipinski definition) is 1. The molecule has 5 heteroatoms. The number of pyridine rings is 1. The number of benzene rings is 1. The summed E-state index contributed by atoms with van der Waals surface area (Å²) >= 11 is 0. The van der Waals surface area contributed by atoms with Crippen molar-refractivity contribution in [1.29, 1.82) is 0 Å². The lowest BCUT2D eigenvalue weighted by molar-refractivity contribution is -0.118. The summed E-state index contributed by atoms with van der Waals surface area (Å²) in [6.45, 7) is 4.37. The van der Waals surface area contributed by atoms with Crippen LogP contribution in [-0.4, -0.2) is 34.3 Å². The predicted molar refractivity (Wildman–Crippen MR) is 107 cm³/mol. The van der Waals surface area contributed by atoms with E-state index < -0.39 is 0 Å². The number of likely N-dealkylation sites (tertiary alicyclic amines) is 1. The highest BCUT2D eigenvalue weighted by molar-refractivity contribution is 5.97. The largest absolute Gasteiger partial charge is 0.332 e. The van der Waals surface area contributed by atoms with Crippen LogP contribution in [0.4, 0.5) is 5.82 Å². The van der Waals surface area contributed by atoms with Crippen LogP contribution in [0.15, 0.2) is 54.7 Å². The van der Waals surface area contributed by atoms with E-state index in [-0.39, 0.29) is 23.8 Å². The van der Waals surface area contributed by atoms with Gasteiger partial charge in [0.2, 0.25) is 5.91 Å². The quantitative estimate of drug-likeness (QED) is 0.873. The van der Waals surface area contributed by atoms with E-state index in [9.17, 15) is 9.59 Å². The molecule has 1 aromatic heterocycles. The normalized spacial score (nSPS) is 16.9. The van der Waals surface area contributed by atoms with Gasteiger partial charge in [-0.05, 0) is 30.5 Å². The SMILES string of the molecule is CC(C)C(=O)Nc1cc(C(=O)N2CCCC2/C=C/c2ccccc2)ccn1. The van der Waals surface area contributed by atoms with Crippen molar-refractivity contribution in [2.75, 3.05) is 11.9 Å². The molecule has 2 aromatic rings. The fourth-order valence-electron chi connectivity index (χ4n) is 3.10. The van der Waals surface area contributed by atoms with Crippen molar-refractivity contribution >= 4 is 23.7 Å². The maximum absolute atomic E-state index is 13.0. The zero-order valence-corrected chi connectivity index (χ0v) is 15.8. The minimum Gasteiger partial charge on any atom is -0.332 e. The number of carbonyl (C=O) groups excluding carboxylic acids is 2. The van der Waals surface area contributed by atoms with Gasteiger partial charge >= 0.3 is 0 Å². The Morgan fingerprint density at radius 1 is 1.22 bits per heavy atom. The third-order valence-corrected chi connectivity index (χ3v) is 4.65. The van der Waals surface area contributed by atoms with Crippen LogP contribution >= 0.6 is 0 Å². The molecule has 2 amide bonds. The summed E-state index contributed by atoms with van der Waals surface area (Å²) in [7, 11) is 0. The topological polar surface area (TPSA) is 62.3 Å². The molecule has 1 fully saturated rings. The number of aromatic nitrogens is 1. The molecule has 1 atom stereocenters. The molecule has 1 N–H and O–H groups in total. The molecule has 0 radical (unpaired) electrons. The Morgan fingerprint density at radius 2 is 2.00 bits per heavy atom. The first kappa shape index (κ1) is 18.8. The van der Waals surface area contributed by atoms with Gasteiger partial charge in [-0.2, -0.15) is 0 Å². The molecular formula is C22H25N3O2. The average Bonchev–Trinajstić information content (AvgIpc) is 3.15. The summed E-state index contributed by atoms with van der Waals surface area (Å²) in [5.41, 5.74) is 1.67. The lowest BCUT2D eigenvalue weighted by Crippen LogP contribution is -2.34. The molecule has 1 saturated heterocycles. The highest BCUT2D eigenvalue weighted by Gasteiger charge is 2.27. The van der Waals surface area contributed by atoms with Gasteiger partial charge in [0.05, 0.1) is 6.04 Å². The summed E-state index contributed by atoms with van der Waals surface area (Å²) in [5, 5.41) is 2.75. The van der Waals surface area contributed by atoms with E-state index in [1.807, 2.05) is 49.1 Å². The van der Waals surface area contributed by atoms with Crippen molar-refractivity contribution in [2.45, 2.75) is 32.7 Å². The maximum atomic E-state index is 13.0. The van der Waals surface area contributed by atoms with E-state index in [2.05, 4.69) is 22.5 Å². The van der Waals surface area contributed by atoms with Crippen LogP contribution in [0, 0.1) is 5.92 Å². The molecule has 1 aromatic carbocycles. The second-order valence-corrected chi connectivity index (χ2v) is 7.05. The number of carbonyl (C=O) groups is 2. The Hall–Kier alpha value is -2.95. The molecular weight excluding hydrogens is 338 g/mol. The summed E-state index contributed by atoms with van der Waals surface area (Å²) in [6.07, 6.45) is 7.67. The van der Waals surface area contributed by atoms with Crippen LogP contribution < -0.4 is 5.32 Å². The molecule has 1 unspecified atom stereocenters. The van der Waals surface area contributed by atoms with E-state index in [0.29, 0.717) is 11.4 Å². The molecule has 5 nitrogen and oxygen atoms in total. The van der Waals surface area contributed by atoms with Gasteiger partial charge in [-0.3, -0.25) is 9.59 Å². The van der Waals surface area contributed by atoms with Gasteiger partial charge in [0.1, 0.15) is 5.82 Å². The van der Waals surface area contributed by atoms with Crippen molar-refractivity contribution in [3.05, 3.63) is 65.9 Å². The van der Waals surface area contributed by atoms with Crippen LogP contribution in [0.1, 0.15) is 42.6 Å². The monoisotopic (exact) mass is 363 g/mol. The van der Waals surface area contributed by atoms with Gasteiger partial charge in [0.15, 0.2) is 0 Å². The molecule has 0 aliphatic carbocycles. The van der Waals surface area contributed by atoms with Gasteiger partial charge in [0, 0.05) is 24.2 Å². The van der Waals surface area contributed by atoms with Crippen LogP contribution in [0.5, 0.6) is 0 Å². The number of nitrogens with zero attached hydrogens (tertiary/aromatic N) is 2. The van der Waals surface area contributed by atoms with E-state index in [0.717, 1.165) is 24.9 Å². The summed E-state index contributed by atoms with van der Waals surface area (Å²) < 4.78 is 0. The predicted octanol–water partition coefficient (Wildman–Crippen LogP) is 3.99. The Bertz CT molecular complexity index is 830. The number of rotatable bonds is 5. The van der Waals surface area contributed by atoms with E-state index in [4.69, 9.17) is 0 Å². The maximum Gasteiger partial charge on any atom is 0.254 e. The number of hydrogen-bond acceptors (Lipinski definition) is 3. The minimum absolute atomic E-state index is 0.0299. The first-order valence-electron chi connectivity index (χ1n) is 9.36. The molecule has 1 aliphatic heterocycles. The average molecular weight is 363 g/mol. The molecule has 27 heavy (non-hydrogen) atoms. The molecule has 3 rings (SSSR count). The van der Waals surface area contributed by atoms with Crippen LogP contribution in [0.25, 0.3) is 6.08 Å². The van der Waals surface area contributed by atoms with E-state index >= 15 is 0 Å². The standard InChI is InChI=1S/C22H25N3O2/c1-16(2)21(26)24-20-15-18(12-13-23-20)22(27)25-14-6-9-19(25)11-10-17-7-4-3-5-8-17/h3-5,7-8,10-13,15-16,19H,6,9,14H2,1-2H3,(H,23,24,26)/b11-10+. The zero-order valence-electron chi connectivity index (χ0n) is 15.8. The minimum atomic E-state index is -0.141. The molecule has 0 saturated carbocycles. The smallest absolute Gasteiger partial charge is 0.254 e.